The van der Waals surface area contributed by atoms with Crippen molar-refractivity contribution in [2.45, 2.75) is 49.9 Å². The maximum atomic E-state index is 12.6. The van der Waals surface area contributed by atoms with Gasteiger partial charge in [0.1, 0.15) is 5.60 Å². The van der Waals surface area contributed by atoms with E-state index in [2.05, 4.69) is 5.32 Å². The minimum Gasteiger partial charge on any atom is -0.378 e. The number of morpholine rings is 1. The molecule has 1 aliphatic carbocycles. The van der Waals surface area contributed by atoms with E-state index in [-0.39, 0.29) is 23.8 Å². The van der Waals surface area contributed by atoms with Crippen LogP contribution in [0.2, 0.25) is 0 Å². The number of hydrogen-bond acceptors (Lipinski definition) is 4. The van der Waals surface area contributed by atoms with Gasteiger partial charge in [0.05, 0.1) is 31.9 Å². The first-order valence-corrected chi connectivity index (χ1v) is 8.65. The van der Waals surface area contributed by atoms with Gasteiger partial charge in [0.2, 0.25) is 0 Å². The third-order valence-electron chi connectivity index (χ3n) is 5.35. The average Bonchev–Trinajstić information content (AvgIpc) is 3.28. The predicted octanol–water partition coefficient (Wildman–Crippen LogP) is 1.14. The average molecular weight is 310 g/mol. The highest BCUT2D eigenvalue weighted by atomic mass is 16.5. The first-order valence-electron chi connectivity index (χ1n) is 8.65. The monoisotopic (exact) mass is 310 g/mol. The second-order valence-corrected chi connectivity index (χ2v) is 7.13. The van der Waals surface area contributed by atoms with Crippen LogP contribution in [0.5, 0.6) is 0 Å². The number of hydrogen-bond donors (Lipinski definition) is 1. The molecule has 4 fully saturated rings. The molecule has 3 aliphatic heterocycles. The molecule has 3 heterocycles. The normalized spacial score (nSPS) is 39.2. The molecule has 1 saturated carbocycles. The Labute approximate surface area is 131 Å². The molecule has 0 aromatic rings. The highest BCUT2D eigenvalue weighted by Gasteiger charge is 2.43. The highest BCUT2D eigenvalue weighted by Crippen LogP contribution is 2.38. The smallest absolute Gasteiger partial charge is 0.317 e. The molecule has 124 valence electrons. The molecule has 3 saturated heterocycles. The lowest BCUT2D eigenvalue weighted by Crippen LogP contribution is -2.60. The maximum absolute atomic E-state index is 12.6. The summed E-state index contributed by atoms with van der Waals surface area (Å²) in [5.74, 6) is 0.663. The van der Waals surface area contributed by atoms with Crippen LogP contribution in [0.1, 0.15) is 32.1 Å². The van der Waals surface area contributed by atoms with Crippen LogP contribution in [0.4, 0.5) is 4.79 Å². The molecule has 1 spiro atoms. The molecule has 1 N–H and O–H groups in total. The zero-order valence-corrected chi connectivity index (χ0v) is 13.1. The molecule has 22 heavy (non-hydrogen) atoms. The van der Waals surface area contributed by atoms with Gasteiger partial charge in [-0.1, -0.05) is 0 Å². The predicted molar refractivity (Wildman–Crippen MR) is 79.7 cm³/mol. The van der Waals surface area contributed by atoms with Gasteiger partial charge in [0.25, 0.3) is 0 Å². The fourth-order valence-electron chi connectivity index (χ4n) is 3.99. The van der Waals surface area contributed by atoms with Crippen LogP contribution in [0, 0.1) is 5.92 Å². The summed E-state index contributed by atoms with van der Waals surface area (Å²) in [6.45, 7) is 4.08. The van der Waals surface area contributed by atoms with E-state index in [4.69, 9.17) is 14.2 Å². The van der Waals surface area contributed by atoms with Gasteiger partial charge in [-0.3, -0.25) is 0 Å². The Hall–Kier alpha value is -0.850. The number of nitrogens with one attached hydrogen (secondary N) is 1. The summed E-state index contributed by atoms with van der Waals surface area (Å²) in [6.07, 6.45) is 5.65. The van der Waals surface area contributed by atoms with Crippen molar-refractivity contribution in [3.05, 3.63) is 0 Å². The lowest BCUT2D eigenvalue weighted by molar-refractivity contribution is -0.160. The van der Waals surface area contributed by atoms with Gasteiger partial charge in [-0.2, -0.15) is 0 Å². The maximum Gasteiger partial charge on any atom is 0.317 e. The SMILES string of the molecule is O=C(NC1CCOC1C1CC1)N1CCOC2(CCCOC2)C1. The van der Waals surface area contributed by atoms with Gasteiger partial charge in [0, 0.05) is 19.8 Å². The van der Waals surface area contributed by atoms with Gasteiger partial charge in [-0.15, -0.1) is 0 Å². The van der Waals surface area contributed by atoms with E-state index in [0.29, 0.717) is 32.2 Å². The van der Waals surface area contributed by atoms with Crippen LogP contribution in [-0.2, 0) is 14.2 Å². The zero-order chi connectivity index (χ0) is 15.0. The van der Waals surface area contributed by atoms with Crippen molar-refractivity contribution in [3.63, 3.8) is 0 Å². The van der Waals surface area contributed by atoms with Crippen molar-refractivity contribution in [1.82, 2.24) is 10.2 Å². The molecule has 6 heteroatoms. The molecule has 0 aromatic carbocycles. The Morgan fingerprint density at radius 2 is 2.09 bits per heavy atom. The van der Waals surface area contributed by atoms with Crippen molar-refractivity contribution >= 4 is 6.03 Å². The Kier molecular flexibility index (Phi) is 4.00. The lowest BCUT2D eigenvalue weighted by atomic mass is 9.94. The van der Waals surface area contributed by atoms with E-state index in [1.54, 1.807) is 0 Å². The molecular weight excluding hydrogens is 284 g/mol. The molecule has 3 atom stereocenters. The highest BCUT2D eigenvalue weighted by molar-refractivity contribution is 5.75. The van der Waals surface area contributed by atoms with Crippen LogP contribution in [0.3, 0.4) is 0 Å². The molecule has 4 aliphatic rings. The minimum absolute atomic E-state index is 0.0365. The Morgan fingerprint density at radius 1 is 1.18 bits per heavy atom. The standard InChI is InChI=1S/C16H26N2O4/c19-15(17-13-4-8-21-14(13)12-2-3-12)18-6-9-22-16(10-18)5-1-7-20-11-16/h12-14H,1-11H2,(H,17,19). The Bertz CT molecular complexity index is 415. The van der Waals surface area contributed by atoms with Gasteiger partial charge in [0.15, 0.2) is 0 Å². The number of ether oxygens (including phenoxy) is 3. The summed E-state index contributed by atoms with van der Waals surface area (Å²) in [6, 6.07) is 0.218. The largest absolute Gasteiger partial charge is 0.378 e. The van der Waals surface area contributed by atoms with E-state index < -0.39 is 0 Å². The van der Waals surface area contributed by atoms with Gasteiger partial charge >= 0.3 is 6.03 Å². The van der Waals surface area contributed by atoms with E-state index in [0.717, 1.165) is 32.5 Å². The van der Waals surface area contributed by atoms with Crippen molar-refractivity contribution in [1.29, 1.82) is 0 Å². The summed E-state index contributed by atoms with van der Waals surface area (Å²) < 4.78 is 17.3. The van der Waals surface area contributed by atoms with Gasteiger partial charge in [-0.05, 0) is 38.0 Å². The van der Waals surface area contributed by atoms with Crippen LogP contribution >= 0.6 is 0 Å². The quantitative estimate of drug-likeness (QED) is 0.831. The lowest BCUT2D eigenvalue weighted by Gasteiger charge is -2.44. The molecule has 4 rings (SSSR count). The second-order valence-electron chi connectivity index (χ2n) is 7.13. The molecule has 0 bridgehead atoms. The summed E-state index contributed by atoms with van der Waals surface area (Å²) in [5.41, 5.74) is -0.282. The minimum atomic E-state index is -0.282. The number of urea groups is 1. The molecule has 2 amide bonds. The van der Waals surface area contributed by atoms with Gasteiger partial charge < -0.3 is 24.4 Å². The molecule has 6 nitrogen and oxygen atoms in total. The third kappa shape index (κ3) is 2.96. The van der Waals surface area contributed by atoms with Gasteiger partial charge in [-0.25, -0.2) is 4.79 Å². The molecule has 3 unspecified atom stereocenters. The topological polar surface area (TPSA) is 60.0 Å². The zero-order valence-electron chi connectivity index (χ0n) is 13.1. The number of amides is 2. The van der Waals surface area contributed by atoms with Crippen LogP contribution < -0.4 is 5.32 Å². The Balaban J connectivity index is 1.35. The fraction of sp³-hybridized carbons (Fsp3) is 0.938. The number of carbonyl (C=O) groups is 1. The summed E-state index contributed by atoms with van der Waals surface area (Å²) in [7, 11) is 0. The van der Waals surface area contributed by atoms with E-state index in [1.165, 1.54) is 12.8 Å². The third-order valence-corrected chi connectivity index (χ3v) is 5.35. The number of carbonyl (C=O) groups excluding carboxylic acids is 1. The van der Waals surface area contributed by atoms with Crippen LogP contribution in [0.25, 0.3) is 0 Å². The fourth-order valence-corrected chi connectivity index (χ4v) is 3.99. The number of rotatable bonds is 2. The molecule has 0 aromatic heterocycles. The van der Waals surface area contributed by atoms with E-state index >= 15 is 0 Å². The summed E-state index contributed by atoms with van der Waals surface area (Å²) in [5, 5.41) is 3.21. The van der Waals surface area contributed by atoms with Crippen molar-refractivity contribution in [2.75, 3.05) is 39.5 Å². The molecular formula is C16H26N2O4. The van der Waals surface area contributed by atoms with Crippen molar-refractivity contribution in [2.24, 2.45) is 5.92 Å². The van der Waals surface area contributed by atoms with Crippen molar-refractivity contribution in [3.8, 4) is 0 Å². The molecule has 0 radical (unpaired) electrons. The van der Waals surface area contributed by atoms with Crippen molar-refractivity contribution < 1.29 is 19.0 Å². The summed E-state index contributed by atoms with van der Waals surface area (Å²) in [4.78, 5) is 14.5. The van der Waals surface area contributed by atoms with E-state index in [1.807, 2.05) is 4.90 Å². The first-order chi connectivity index (χ1) is 10.8. The van der Waals surface area contributed by atoms with E-state index in [9.17, 15) is 4.79 Å². The Morgan fingerprint density at radius 3 is 2.86 bits per heavy atom. The summed E-state index contributed by atoms with van der Waals surface area (Å²) >= 11 is 0. The first kappa shape index (κ1) is 14.7. The number of nitrogens with zero attached hydrogens (tertiary/aromatic N) is 1. The second kappa shape index (κ2) is 5.98. The van der Waals surface area contributed by atoms with Crippen LogP contribution in [-0.4, -0.2) is 68.2 Å². The van der Waals surface area contributed by atoms with Crippen LogP contribution in [0.15, 0.2) is 0 Å².